The van der Waals surface area contributed by atoms with Gasteiger partial charge in [0.1, 0.15) is 6.61 Å². The maximum absolute atomic E-state index is 12.3. The van der Waals surface area contributed by atoms with E-state index < -0.39 is 0 Å². The first kappa shape index (κ1) is 17.3. The van der Waals surface area contributed by atoms with Gasteiger partial charge in [-0.15, -0.1) is 0 Å². The Morgan fingerprint density at radius 2 is 2.20 bits per heavy atom. The second-order valence-electron chi connectivity index (χ2n) is 6.28. The van der Waals surface area contributed by atoms with E-state index in [9.17, 15) is 4.79 Å². The standard InChI is InChI=1S/C18H24N4O3/c1-14(11-22-9-5-8-20-22)19-10-18(23)21(2)12-15-13-24-16-6-3-4-7-17(16)25-15/h3-9,14-15,19H,10-13H2,1-2H3/t14-,15-/m1/s1. The van der Waals surface area contributed by atoms with E-state index in [1.165, 1.54) is 0 Å². The maximum Gasteiger partial charge on any atom is 0.236 e. The van der Waals surface area contributed by atoms with Crippen LogP contribution in [-0.4, -0.2) is 59.5 Å². The highest BCUT2D eigenvalue weighted by Gasteiger charge is 2.23. The predicted molar refractivity (Wildman–Crippen MR) is 93.7 cm³/mol. The predicted octanol–water partition coefficient (Wildman–Crippen LogP) is 1.16. The van der Waals surface area contributed by atoms with Crippen LogP contribution >= 0.6 is 0 Å². The number of nitrogens with one attached hydrogen (secondary N) is 1. The molecule has 1 aromatic heterocycles. The highest BCUT2D eigenvalue weighted by Crippen LogP contribution is 2.30. The number of aromatic nitrogens is 2. The number of nitrogens with zero attached hydrogens (tertiary/aromatic N) is 3. The highest BCUT2D eigenvalue weighted by atomic mass is 16.6. The minimum Gasteiger partial charge on any atom is -0.486 e. The second-order valence-corrected chi connectivity index (χ2v) is 6.28. The fourth-order valence-corrected chi connectivity index (χ4v) is 2.71. The van der Waals surface area contributed by atoms with Crippen LogP contribution in [0.1, 0.15) is 6.92 Å². The number of ether oxygens (including phenoxy) is 2. The van der Waals surface area contributed by atoms with Crippen molar-refractivity contribution in [3.05, 3.63) is 42.7 Å². The van der Waals surface area contributed by atoms with Crippen molar-refractivity contribution in [1.82, 2.24) is 20.0 Å². The molecule has 134 valence electrons. The van der Waals surface area contributed by atoms with E-state index in [2.05, 4.69) is 10.4 Å². The normalized spacial score (nSPS) is 17.1. The van der Waals surface area contributed by atoms with Gasteiger partial charge >= 0.3 is 0 Å². The molecule has 0 unspecified atom stereocenters. The molecule has 2 aromatic rings. The molecule has 0 bridgehead atoms. The van der Waals surface area contributed by atoms with Crippen LogP contribution in [0.3, 0.4) is 0 Å². The van der Waals surface area contributed by atoms with Crippen molar-refractivity contribution < 1.29 is 14.3 Å². The van der Waals surface area contributed by atoms with Crippen molar-refractivity contribution in [2.24, 2.45) is 0 Å². The first-order chi connectivity index (χ1) is 12.1. The molecule has 3 rings (SSSR count). The lowest BCUT2D eigenvalue weighted by molar-refractivity contribution is -0.130. The number of benzene rings is 1. The summed E-state index contributed by atoms with van der Waals surface area (Å²) in [5.41, 5.74) is 0. The van der Waals surface area contributed by atoms with Crippen molar-refractivity contribution in [2.75, 3.05) is 26.7 Å². The molecular weight excluding hydrogens is 320 g/mol. The summed E-state index contributed by atoms with van der Waals surface area (Å²) in [6, 6.07) is 9.61. The van der Waals surface area contributed by atoms with Gasteiger partial charge in [-0.05, 0) is 25.1 Å². The van der Waals surface area contributed by atoms with Gasteiger partial charge in [-0.25, -0.2) is 0 Å². The zero-order chi connectivity index (χ0) is 17.6. The molecule has 7 nitrogen and oxygen atoms in total. The number of likely N-dealkylation sites (N-methyl/N-ethyl adjacent to an activating group) is 1. The van der Waals surface area contributed by atoms with Crippen LogP contribution in [0.25, 0.3) is 0 Å². The number of fused-ring (bicyclic) bond motifs is 1. The van der Waals surface area contributed by atoms with Crippen molar-refractivity contribution in [3.63, 3.8) is 0 Å². The molecule has 1 aliphatic heterocycles. The molecule has 1 aromatic carbocycles. The summed E-state index contributed by atoms with van der Waals surface area (Å²) in [6.07, 6.45) is 3.49. The molecule has 0 saturated heterocycles. The van der Waals surface area contributed by atoms with E-state index in [1.54, 1.807) is 18.1 Å². The van der Waals surface area contributed by atoms with E-state index in [0.29, 0.717) is 13.2 Å². The maximum atomic E-state index is 12.3. The Kier molecular flexibility index (Phi) is 5.55. The minimum atomic E-state index is -0.162. The zero-order valence-corrected chi connectivity index (χ0v) is 14.6. The Morgan fingerprint density at radius 3 is 2.96 bits per heavy atom. The van der Waals surface area contributed by atoms with Gasteiger partial charge in [0.05, 0.1) is 19.6 Å². The Balaban J connectivity index is 1.42. The van der Waals surface area contributed by atoms with Crippen LogP contribution < -0.4 is 14.8 Å². The molecular formula is C18H24N4O3. The quantitative estimate of drug-likeness (QED) is 0.816. The molecule has 0 spiro atoms. The number of hydrogen-bond acceptors (Lipinski definition) is 5. The summed E-state index contributed by atoms with van der Waals surface area (Å²) in [5.74, 6) is 1.50. The van der Waals surface area contributed by atoms with E-state index in [0.717, 1.165) is 18.0 Å². The topological polar surface area (TPSA) is 68.6 Å². The van der Waals surface area contributed by atoms with Crippen molar-refractivity contribution in [3.8, 4) is 11.5 Å². The lowest BCUT2D eigenvalue weighted by Gasteiger charge is -2.29. The number of carbonyl (C=O) groups is 1. The largest absolute Gasteiger partial charge is 0.486 e. The third-order valence-electron chi connectivity index (χ3n) is 4.09. The van der Waals surface area contributed by atoms with Gasteiger partial charge in [-0.2, -0.15) is 5.10 Å². The summed E-state index contributed by atoms with van der Waals surface area (Å²) in [4.78, 5) is 14.0. The van der Waals surface area contributed by atoms with Crippen LogP contribution in [-0.2, 0) is 11.3 Å². The Morgan fingerprint density at radius 1 is 1.40 bits per heavy atom. The zero-order valence-electron chi connectivity index (χ0n) is 14.6. The number of para-hydroxylation sites is 2. The van der Waals surface area contributed by atoms with Crippen molar-refractivity contribution in [1.29, 1.82) is 0 Å². The number of carbonyl (C=O) groups excluding carboxylic acids is 1. The monoisotopic (exact) mass is 344 g/mol. The third kappa shape index (κ3) is 4.73. The van der Waals surface area contributed by atoms with Crippen LogP contribution in [0.2, 0.25) is 0 Å². The molecule has 0 fully saturated rings. The van der Waals surface area contributed by atoms with E-state index >= 15 is 0 Å². The average molecular weight is 344 g/mol. The Labute approximate surface area is 147 Å². The average Bonchev–Trinajstić information content (AvgIpc) is 3.12. The molecule has 2 heterocycles. The lowest BCUT2D eigenvalue weighted by atomic mass is 10.2. The van der Waals surface area contributed by atoms with Crippen molar-refractivity contribution in [2.45, 2.75) is 25.6 Å². The molecule has 2 atom stereocenters. The summed E-state index contributed by atoms with van der Waals surface area (Å²) >= 11 is 0. The summed E-state index contributed by atoms with van der Waals surface area (Å²) in [5, 5.41) is 7.40. The SMILES string of the molecule is C[C@H](Cn1cccn1)NCC(=O)N(C)C[C@@H]1COc2ccccc2O1. The smallest absolute Gasteiger partial charge is 0.236 e. The highest BCUT2D eigenvalue weighted by molar-refractivity contribution is 5.78. The summed E-state index contributed by atoms with van der Waals surface area (Å²) in [6.45, 7) is 3.97. The van der Waals surface area contributed by atoms with Gasteiger partial charge in [-0.3, -0.25) is 9.48 Å². The van der Waals surface area contributed by atoms with Gasteiger partial charge in [0.2, 0.25) is 5.91 Å². The Bertz CT molecular complexity index is 689. The third-order valence-corrected chi connectivity index (χ3v) is 4.09. The summed E-state index contributed by atoms with van der Waals surface area (Å²) in [7, 11) is 1.78. The van der Waals surface area contributed by atoms with Crippen LogP contribution in [0.4, 0.5) is 0 Å². The van der Waals surface area contributed by atoms with Gasteiger partial charge < -0.3 is 19.7 Å². The van der Waals surface area contributed by atoms with E-state index in [-0.39, 0.29) is 24.6 Å². The molecule has 25 heavy (non-hydrogen) atoms. The van der Waals surface area contributed by atoms with Gasteiger partial charge in [0.15, 0.2) is 17.6 Å². The molecule has 1 N–H and O–H groups in total. The number of rotatable bonds is 7. The van der Waals surface area contributed by atoms with Crippen molar-refractivity contribution >= 4 is 5.91 Å². The number of amides is 1. The fourth-order valence-electron chi connectivity index (χ4n) is 2.71. The Hall–Kier alpha value is -2.54. The van der Waals surface area contributed by atoms with Gasteiger partial charge in [-0.1, -0.05) is 12.1 Å². The van der Waals surface area contributed by atoms with E-state index in [4.69, 9.17) is 9.47 Å². The molecule has 1 amide bonds. The van der Waals surface area contributed by atoms with Crippen LogP contribution in [0.5, 0.6) is 11.5 Å². The van der Waals surface area contributed by atoms with Crippen LogP contribution in [0, 0.1) is 0 Å². The first-order valence-corrected chi connectivity index (χ1v) is 8.45. The van der Waals surface area contributed by atoms with Gasteiger partial charge in [0.25, 0.3) is 0 Å². The fraction of sp³-hybridized carbons (Fsp3) is 0.444. The van der Waals surface area contributed by atoms with E-state index in [1.807, 2.05) is 48.1 Å². The molecule has 0 saturated carbocycles. The first-order valence-electron chi connectivity index (χ1n) is 8.45. The van der Waals surface area contributed by atoms with Gasteiger partial charge in [0, 0.05) is 25.5 Å². The molecule has 1 aliphatic rings. The lowest BCUT2D eigenvalue weighted by Crippen LogP contribution is -2.46. The number of hydrogen-bond donors (Lipinski definition) is 1. The molecule has 7 heteroatoms. The summed E-state index contributed by atoms with van der Waals surface area (Å²) < 4.78 is 13.4. The molecule has 0 aliphatic carbocycles. The molecule has 0 radical (unpaired) electrons. The second kappa shape index (κ2) is 8.02. The van der Waals surface area contributed by atoms with Crippen LogP contribution in [0.15, 0.2) is 42.7 Å². The minimum absolute atomic E-state index is 0.0229.